The van der Waals surface area contributed by atoms with Crippen molar-refractivity contribution in [2.45, 2.75) is 0 Å². The molecule has 0 spiro atoms. The Morgan fingerprint density at radius 2 is 2.09 bits per heavy atom. The van der Waals surface area contributed by atoms with E-state index in [0.717, 1.165) is 16.0 Å². The van der Waals surface area contributed by atoms with Crippen molar-refractivity contribution in [1.82, 2.24) is 0 Å². The molecule has 0 bridgehead atoms. The third kappa shape index (κ3) is 1.87. The minimum absolute atomic E-state index is 0.726. The lowest BCUT2D eigenvalue weighted by Gasteiger charge is -2.04. The monoisotopic (exact) mass is 215 g/mol. The molecule has 0 saturated carbocycles. The van der Waals surface area contributed by atoms with Crippen LogP contribution in [0.1, 0.15) is 0 Å². The summed E-state index contributed by atoms with van der Waals surface area (Å²) in [5, 5.41) is 0. The maximum absolute atomic E-state index is 5.03. The molecule has 3 heteroatoms. The predicted molar refractivity (Wildman–Crippen MR) is 46.1 cm³/mol. The van der Waals surface area contributed by atoms with Crippen LogP contribution < -0.4 is 9.47 Å². The molecule has 1 aromatic rings. The van der Waals surface area contributed by atoms with E-state index in [2.05, 4.69) is 22.0 Å². The van der Waals surface area contributed by atoms with E-state index in [1.54, 1.807) is 26.4 Å². The first-order valence-electron chi connectivity index (χ1n) is 3.07. The molecular formula is C8H8BrO2. The number of hydrogen-bond donors (Lipinski definition) is 0. The Morgan fingerprint density at radius 3 is 2.64 bits per heavy atom. The van der Waals surface area contributed by atoms with Crippen LogP contribution in [-0.2, 0) is 0 Å². The van der Waals surface area contributed by atoms with Gasteiger partial charge in [0.05, 0.1) is 18.7 Å². The van der Waals surface area contributed by atoms with Crippen molar-refractivity contribution in [1.29, 1.82) is 0 Å². The summed E-state index contributed by atoms with van der Waals surface area (Å²) in [6, 6.07) is 6.47. The number of methoxy groups -OCH3 is 2. The normalized spacial score (nSPS) is 9.36. The van der Waals surface area contributed by atoms with E-state index >= 15 is 0 Å². The second-order valence-corrected chi connectivity index (χ2v) is 2.71. The molecule has 0 aliphatic heterocycles. The Kier molecular flexibility index (Phi) is 2.76. The van der Waals surface area contributed by atoms with Gasteiger partial charge in [-0.05, 0) is 22.0 Å². The van der Waals surface area contributed by atoms with Gasteiger partial charge in [0.25, 0.3) is 0 Å². The van der Waals surface area contributed by atoms with Crippen molar-refractivity contribution in [2.75, 3.05) is 14.2 Å². The Balaban J connectivity index is 3.02. The highest BCUT2D eigenvalue weighted by molar-refractivity contribution is 9.10. The molecule has 0 N–H and O–H groups in total. The molecule has 0 aliphatic rings. The van der Waals surface area contributed by atoms with Crippen LogP contribution in [0.4, 0.5) is 0 Å². The average molecular weight is 216 g/mol. The molecule has 0 aromatic heterocycles. The lowest BCUT2D eigenvalue weighted by atomic mass is 10.3. The summed E-state index contributed by atoms with van der Waals surface area (Å²) >= 11 is 3.28. The molecule has 0 unspecified atom stereocenters. The SMILES string of the molecule is COc1c[c]c(Br)c(OC)c1. The third-order valence-corrected chi connectivity index (χ3v) is 1.91. The number of halogens is 1. The van der Waals surface area contributed by atoms with Crippen LogP contribution >= 0.6 is 15.9 Å². The molecule has 1 radical (unpaired) electrons. The minimum atomic E-state index is 0.726. The van der Waals surface area contributed by atoms with Crippen LogP contribution in [0.3, 0.4) is 0 Å². The smallest absolute Gasteiger partial charge is 0.137 e. The van der Waals surface area contributed by atoms with Crippen LogP contribution in [0.15, 0.2) is 16.6 Å². The van der Waals surface area contributed by atoms with Gasteiger partial charge in [-0.25, -0.2) is 0 Å². The quantitative estimate of drug-likeness (QED) is 0.754. The van der Waals surface area contributed by atoms with Crippen molar-refractivity contribution >= 4 is 15.9 Å². The van der Waals surface area contributed by atoms with Crippen LogP contribution in [0, 0.1) is 6.07 Å². The standard InChI is InChI=1S/C8H8BrO2/c1-10-6-3-4-7(9)8(5-6)11-2/h3,5H,1-2H3. The van der Waals surface area contributed by atoms with E-state index in [1.807, 2.05) is 0 Å². The van der Waals surface area contributed by atoms with Crippen LogP contribution in [0.5, 0.6) is 11.5 Å². The first-order valence-corrected chi connectivity index (χ1v) is 3.86. The van der Waals surface area contributed by atoms with Gasteiger partial charge in [-0.15, -0.1) is 0 Å². The van der Waals surface area contributed by atoms with Crippen molar-refractivity contribution in [3.05, 3.63) is 22.7 Å². The van der Waals surface area contributed by atoms with Gasteiger partial charge in [-0.2, -0.15) is 0 Å². The molecule has 0 aliphatic carbocycles. The van der Waals surface area contributed by atoms with Crippen LogP contribution in [-0.4, -0.2) is 14.2 Å². The van der Waals surface area contributed by atoms with E-state index in [9.17, 15) is 0 Å². The molecule has 0 amide bonds. The van der Waals surface area contributed by atoms with E-state index in [0.29, 0.717) is 0 Å². The lowest BCUT2D eigenvalue weighted by Crippen LogP contribution is -1.87. The molecule has 0 fully saturated rings. The van der Waals surface area contributed by atoms with Crippen LogP contribution in [0.25, 0.3) is 0 Å². The van der Waals surface area contributed by atoms with Gasteiger partial charge in [0.1, 0.15) is 11.5 Å². The van der Waals surface area contributed by atoms with E-state index in [1.165, 1.54) is 0 Å². The number of benzene rings is 1. The molecule has 11 heavy (non-hydrogen) atoms. The average Bonchev–Trinajstić information content (AvgIpc) is 2.05. The second-order valence-electron chi connectivity index (χ2n) is 1.92. The van der Waals surface area contributed by atoms with Gasteiger partial charge in [-0.3, -0.25) is 0 Å². The molecule has 1 rings (SSSR count). The summed E-state index contributed by atoms with van der Waals surface area (Å²) < 4.78 is 10.8. The molecule has 2 nitrogen and oxygen atoms in total. The van der Waals surface area contributed by atoms with Gasteiger partial charge in [-0.1, -0.05) is 0 Å². The van der Waals surface area contributed by atoms with Gasteiger partial charge in [0.15, 0.2) is 0 Å². The Morgan fingerprint density at radius 1 is 1.36 bits per heavy atom. The van der Waals surface area contributed by atoms with Gasteiger partial charge >= 0.3 is 0 Å². The zero-order chi connectivity index (χ0) is 8.27. The highest BCUT2D eigenvalue weighted by Gasteiger charge is 2.00. The summed E-state index contributed by atoms with van der Waals surface area (Å²) in [6.07, 6.45) is 0. The number of hydrogen-bond acceptors (Lipinski definition) is 2. The van der Waals surface area contributed by atoms with E-state index in [-0.39, 0.29) is 0 Å². The Labute approximate surface area is 74.3 Å². The topological polar surface area (TPSA) is 18.5 Å². The maximum atomic E-state index is 5.03. The zero-order valence-electron chi connectivity index (χ0n) is 6.35. The fourth-order valence-corrected chi connectivity index (χ4v) is 1.10. The molecule has 1 aromatic carbocycles. The highest BCUT2D eigenvalue weighted by atomic mass is 79.9. The fraction of sp³-hybridized carbons (Fsp3) is 0.250. The molecule has 0 atom stereocenters. The van der Waals surface area contributed by atoms with Crippen molar-refractivity contribution in [2.24, 2.45) is 0 Å². The lowest BCUT2D eigenvalue weighted by molar-refractivity contribution is 0.392. The molecule has 59 valence electrons. The largest absolute Gasteiger partial charge is 0.497 e. The van der Waals surface area contributed by atoms with Gasteiger partial charge < -0.3 is 9.47 Å². The summed E-state index contributed by atoms with van der Waals surface area (Å²) in [5.41, 5.74) is 0. The van der Waals surface area contributed by atoms with E-state index in [4.69, 9.17) is 9.47 Å². The minimum Gasteiger partial charge on any atom is -0.497 e. The molecular weight excluding hydrogens is 208 g/mol. The predicted octanol–water partition coefficient (Wildman–Crippen LogP) is 2.27. The van der Waals surface area contributed by atoms with Gasteiger partial charge in [0, 0.05) is 12.1 Å². The summed E-state index contributed by atoms with van der Waals surface area (Å²) in [6.45, 7) is 0. The second kappa shape index (κ2) is 3.62. The van der Waals surface area contributed by atoms with E-state index < -0.39 is 0 Å². The third-order valence-electron chi connectivity index (χ3n) is 1.29. The van der Waals surface area contributed by atoms with Crippen LogP contribution in [0.2, 0.25) is 0 Å². The van der Waals surface area contributed by atoms with Crippen molar-refractivity contribution < 1.29 is 9.47 Å². The zero-order valence-corrected chi connectivity index (χ0v) is 7.94. The summed E-state index contributed by atoms with van der Waals surface area (Å²) in [4.78, 5) is 0. The summed E-state index contributed by atoms with van der Waals surface area (Å²) in [7, 11) is 3.21. The molecule has 0 heterocycles. The maximum Gasteiger partial charge on any atom is 0.137 e. The Hall–Kier alpha value is -0.700. The highest BCUT2D eigenvalue weighted by Crippen LogP contribution is 2.27. The van der Waals surface area contributed by atoms with Gasteiger partial charge in [0.2, 0.25) is 0 Å². The number of ether oxygens (including phenoxy) is 2. The fourth-order valence-electron chi connectivity index (χ4n) is 0.706. The van der Waals surface area contributed by atoms with Crippen molar-refractivity contribution in [3.63, 3.8) is 0 Å². The first-order chi connectivity index (χ1) is 5.27. The first kappa shape index (κ1) is 8.40. The molecule has 0 saturated heterocycles. The van der Waals surface area contributed by atoms with Crippen molar-refractivity contribution in [3.8, 4) is 11.5 Å². The Bertz CT molecular complexity index is 248. The number of rotatable bonds is 2. The summed E-state index contributed by atoms with van der Waals surface area (Å²) in [5.74, 6) is 1.47.